The third kappa shape index (κ3) is 73.6. The first kappa shape index (κ1) is 148. The molecule has 24 radical (unpaired) electrons. The monoisotopic (exact) mass is 204 g/mol. The predicted octanol–water partition coefficient (Wildman–Crippen LogP) is -2.67. The van der Waals surface area contributed by atoms with Crippen LogP contribution >= 0.6 is 0 Å². The first-order valence-electron chi connectivity index (χ1n) is 0. The summed E-state index contributed by atoms with van der Waals surface area (Å²) in [4.78, 5) is 0. The molecular weight excluding hydrogens is 202 g/mol. The van der Waals surface area contributed by atoms with E-state index < -0.39 is 0 Å². The van der Waals surface area contributed by atoms with E-state index in [1.807, 2.05) is 0 Å². The van der Waals surface area contributed by atoms with Crippen LogP contribution in [0.25, 0.3) is 0 Å². The van der Waals surface area contributed by atoms with Crippen LogP contribution in [-0.2, 0) is 0 Å². The Kier molecular flexibility index (Phi) is 2120. The van der Waals surface area contributed by atoms with Gasteiger partial charge >= 0.3 is 48.9 Å². The van der Waals surface area contributed by atoms with E-state index in [0.717, 1.165) is 0 Å². The molecule has 0 atom stereocenters. The second kappa shape index (κ2) is 100. The molecule has 0 aliphatic rings. The smallest absolute Gasteiger partial charge is 1.00 e. The van der Waals surface area contributed by atoms with E-state index in [2.05, 4.69) is 0 Å². The molecule has 0 rings (SSSR count). The molecule has 0 nitrogen and oxygen atoms in total. The van der Waals surface area contributed by atoms with Gasteiger partial charge in [0.15, 0.2) is 0 Å². The second-order valence-corrected chi connectivity index (χ2v) is 0. The third-order valence-electron chi connectivity index (χ3n) is 0. The summed E-state index contributed by atoms with van der Waals surface area (Å²) in [6.07, 6.45) is 0. The molecule has 0 saturated carbocycles. The zero-order valence-electron chi connectivity index (χ0n) is 4.17. The molecule has 0 aliphatic carbocycles. The molecule has 0 spiro atoms. The van der Waals surface area contributed by atoms with E-state index in [9.17, 15) is 0 Å². The Bertz CT molecular complexity index is 4.14. The summed E-state index contributed by atoms with van der Waals surface area (Å²) in [7, 11) is 0. The van der Waals surface area contributed by atoms with Gasteiger partial charge in [-0.15, -0.1) is 0 Å². The maximum atomic E-state index is 0. The van der Waals surface area contributed by atoms with Crippen molar-refractivity contribution < 1.29 is 0 Å². The van der Waals surface area contributed by atoms with E-state index in [-0.39, 0.29) is 99.4 Å². The van der Waals surface area contributed by atoms with Gasteiger partial charge in [0, 0.05) is 0 Å². The second-order valence-electron chi connectivity index (χ2n) is 0. The Labute approximate surface area is 97.9 Å². The van der Waals surface area contributed by atoms with Gasteiger partial charge in [0.05, 0.1) is 0 Å². The Morgan fingerprint density at radius 1 is 0.286 bits per heavy atom. The summed E-state index contributed by atoms with van der Waals surface area (Å²) >= 11 is 0. The quantitative estimate of drug-likeness (QED) is 0.376. The van der Waals surface area contributed by atoms with Crippen LogP contribution in [0.3, 0.4) is 0 Å². The standard InChI is InChI=1S/6B.Ba/q6*-1;+2. The van der Waals surface area contributed by atoms with Gasteiger partial charge in [-0.25, -0.2) is 0 Å². The minimum atomic E-state index is 0. The van der Waals surface area contributed by atoms with Crippen molar-refractivity contribution in [2.24, 2.45) is 0 Å². The Morgan fingerprint density at radius 2 is 0.286 bits per heavy atom. The van der Waals surface area contributed by atoms with Crippen LogP contribution in [-0.4, -0.2) is 99.4 Å². The zero-order chi connectivity index (χ0) is 0. The van der Waals surface area contributed by atoms with Gasteiger partial charge in [-0.2, -0.15) is 0 Å². The fourth-order valence-electron chi connectivity index (χ4n) is 0. The number of hydrogen-bond acceptors (Lipinski definition) is 0. The summed E-state index contributed by atoms with van der Waals surface area (Å²) in [6, 6.07) is 0. The van der Waals surface area contributed by atoms with Crippen LogP contribution in [0.15, 0.2) is 0 Å². The first-order valence-corrected chi connectivity index (χ1v) is 0. The predicted molar refractivity (Wildman–Crippen MR) is 40.3 cm³/mol. The Hall–Kier alpha value is 1.96. The molecule has 7 heavy (non-hydrogen) atoms. The van der Waals surface area contributed by atoms with Gasteiger partial charge in [-0.3, -0.25) is 0 Å². The van der Waals surface area contributed by atoms with Crippen molar-refractivity contribution in [1.82, 2.24) is 0 Å². The molecule has 0 N–H and O–H groups in total. The van der Waals surface area contributed by atoms with E-state index >= 15 is 0 Å². The molecule has 0 heterocycles. The van der Waals surface area contributed by atoms with Crippen molar-refractivity contribution in [1.29, 1.82) is 0 Å². The summed E-state index contributed by atoms with van der Waals surface area (Å²) in [6.45, 7) is 0. The average Bonchev–Trinajstić information content (AvgIpc) is 0. The van der Waals surface area contributed by atoms with Crippen molar-refractivity contribution >= 4 is 99.4 Å². The molecule has 0 aliphatic heterocycles. The number of hydrogen-bond donors (Lipinski definition) is 0. The van der Waals surface area contributed by atoms with Crippen LogP contribution < -0.4 is 0 Å². The van der Waals surface area contributed by atoms with Crippen LogP contribution in [0.1, 0.15) is 0 Å². The zero-order valence-corrected chi connectivity index (χ0v) is 8.61. The molecule has 0 amide bonds. The van der Waals surface area contributed by atoms with Gasteiger partial charge in [-0.1, -0.05) is 0 Å². The van der Waals surface area contributed by atoms with Crippen molar-refractivity contribution in [3.8, 4) is 0 Å². The molecule has 0 aromatic heterocycles. The SMILES string of the molecule is [B-].[B-].[B-].[B-].[B-].[B-].[Ba+2]. The van der Waals surface area contributed by atoms with Crippen LogP contribution in [0.2, 0.25) is 0 Å². The van der Waals surface area contributed by atoms with Gasteiger partial charge in [-0.05, 0) is 0 Å². The average molecular weight is 202 g/mol. The van der Waals surface area contributed by atoms with E-state index in [1.165, 1.54) is 0 Å². The summed E-state index contributed by atoms with van der Waals surface area (Å²) in [5.41, 5.74) is 0. The molecule has 0 fully saturated rings. The first-order chi connectivity index (χ1) is 0. The number of rotatable bonds is 0. The summed E-state index contributed by atoms with van der Waals surface area (Å²) in [5.74, 6) is 0. The van der Waals surface area contributed by atoms with Crippen LogP contribution in [0, 0.1) is 0 Å². The minimum Gasteiger partial charge on any atom is -1.00 e. The largest absolute Gasteiger partial charge is 2.00 e. The van der Waals surface area contributed by atoms with Crippen molar-refractivity contribution in [2.45, 2.75) is 0 Å². The van der Waals surface area contributed by atoms with E-state index in [1.54, 1.807) is 0 Å². The molecule has 0 aromatic carbocycles. The minimum absolute atomic E-state index is 0. The van der Waals surface area contributed by atoms with Gasteiger partial charge in [0.1, 0.15) is 0 Å². The maximum absolute atomic E-state index is 0. The molecule has 0 saturated heterocycles. The van der Waals surface area contributed by atoms with E-state index in [4.69, 9.17) is 0 Å². The molecule has 24 valence electrons. The Balaban J connectivity index is 0. The molecule has 0 bridgehead atoms. The molecule has 7 heteroatoms. The molecule has 0 unspecified atom stereocenters. The van der Waals surface area contributed by atoms with Crippen molar-refractivity contribution in [2.75, 3.05) is 0 Å². The van der Waals surface area contributed by atoms with E-state index in [0.29, 0.717) is 0 Å². The van der Waals surface area contributed by atoms with Crippen molar-refractivity contribution in [3.63, 3.8) is 0 Å². The van der Waals surface area contributed by atoms with Gasteiger partial charge in [0.25, 0.3) is 0 Å². The fourth-order valence-corrected chi connectivity index (χ4v) is 0. The maximum Gasteiger partial charge on any atom is 2.00 e. The Morgan fingerprint density at radius 3 is 0.286 bits per heavy atom. The summed E-state index contributed by atoms with van der Waals surface area (Å²) < 4.78 is 0. The van der Waals surface area contributed by atoms with Crippen LogP contribution in [0.4, 0.5) is 0 Å². The topological polar surface area (TPSA) is 0 Å². The van der Waals surface area contributed by atoms with Crippen molar-refractivity contribution in [3.05, 3.63) is 0 Å². The fraction of sp³-hybridized carbons (Fsp3) is 0. The van der Waals surface area contributed by atoms with Gasteiger partial charge in [0.2, 0.25) is 0 Å². The third-order valence-corrected chi connectivity index (χ3v) is 0. The summed E-state index contributed by atoms with van der Waals surface area (Å²) in [5, 5.41) is 0. The normalized spacial score (nSPS) is 0. The molecular formula is B6Ba-4. The molecule has 0 aromatic rings. The van der Waals surface area contributed by atoms with Gasteiger partial charge < -0.3 is 50.5 Å². The van der Waals surface area contributed by atoms with Crippen LogP contribution in [0.5, 0.6) is 0 Å².